The topological polar surface area (TPSA) is 62.7 Å². The number of rotatable bonds is 3. The third-order valence-electron chi connectivity index (χ3n) is 3.91. The van der Waals surface area contributed by atoms with Gasteiger partial charge >= 0.3 is 0 Å². The van der Waals surface area contributed by atoms with E-state index in [1.54, 1.807) is 23.0 Å². The molecule has 0 saturated carbocycles. The van der Waals surface area contributed by atoms with Gasteiger partial charge in [-0.25, -0.2) is 4.68 Å². The van der Waals surface area contributed by atoms with Gasteiger partial charge in [0.05, 0.1) is 5.69 Å². The molecule has 2 aromatic heterocycles. The Balaban J connectivity index is 1.54. The number of aryl methyl sites for hydroxylation is 1. The van der Waals surface area contributed by atoms with Gasteiger partial charge in [0, 0.05) is 40.2 Å². The number of nitrogens with one attached hydrogen (secondary N) is 2. The minimum Gasteiger partial charge on any atom is -0.359 e. The predicted molar refractivity (Wildman–Crippen MR) is 94.6 cm³/mol. The molecule has 4 aromatic rings. The normalized spacial score (nSPS) is 10.9. The lowest BCUT2D eigenvalue weighted by molar-refractivity contribution is 0.102. The van der Waals surface area contributed by atoms with Gasteiger partial charge in [0.1, 0.15) is 0 Å². The van der Waals surface area contributed by atoms with Gasteiger partial charge < -0.3 is 10.3 Å². The van der Waals surface area contributed by atoms with Gasteiger partial charge in [0.25, 0.3) is 5.91 Å². The largest absolute Gasteiger partial charge is 0.359 e. The summed E-state index contributed by atoms with van der Waals surface area (Å²) in [6, 6.07) is 17.1. The molecule has 0 aliphatic rings. The maximum Gasteiger partial charge on any atom is 0.255 e. The highest BCUT2D eigenvalue weighted by atomic mass is 16.1. The third-order valence-corrected chi connectivity index (χ3v) is 3.91. The monoisotopic (exact) mass is 316 g/mol. The number of hydrogen-bond donors (Lipinski definition) is 2. The molecule has 0 spiro atoms. The Labute approximate surface area is 138 Å². The van der Waals surface area contributed by atoms with Crippen molar-refractivity contribution in [3.63, 3.8) is 0 Å². The summed E-state index contributed by atoms with van der Waals surface area (Å²) in [6.45, 7) is 2.01. The quantitative estimate of drug-likeness (QED) is 0.602. The molecule has 4 rings (SSSR count). The number of amides is 1. The van der Waals surface area contributed by atoms with Crippen LogP contribution in [0.1, 0.15) is 16.1 Å². The zero-order chi connectivity index (χ0) is 16.5. The van der Waals surface area contributed by atoms with Gasteiger partial charge in [-0.3, -0.25) is 4.79 Å². The van der Waals surface area contributed by atoms with E-state index in [-0.39, 0.29) is 5.91 Å². The summed E-state index contributed by atoms with van der Waals surface area (Å²) in [7, 11) is 0. The van der Waals surface area contributed by atoms with Crippen LogP contribution in [-0.2, 0) is 0 Å². The number of H-pyrrole nitrogens is 1. The zero-order valence-electron chi connectivity index (χ0n) is 13.2. The minimum atomic E-state index is -0.131. The first-order chi connectivity index (χ1) is 11.7. The summed E-state index contributed by atoms with van der Waals surface area (Å²) in [5, 5.41) is 8.19. The molecule has 0 saturated heterocycles. The molecule has 0 atom stereocenters. The van der Waals surface area contributed by atoms with Gasteiger partial charge in [-0.05, 0) is 61.5 Å². The van der Waals surface area contributed by atoms with Gasteiger partial charge in [0.2, 0.25) is 0 Å². The van der Waals surface area contributed by atoms with Crippen LogP contribution in [0, 0.1) is 6.92 Å². The highest BCUT2D eigenvalue weighted by Gasteiger charge is 2.07. The molecule has 2 heterocycles. The van der Waals surface area contributed by atoms with Crippen molar-refractivity contribution in [3.05, 3.63) is 78.2 Å². The van der Waals surface area contributed by atoms with Crippen molar-refractivity contribution in [2.45, 2.75) is 6.92 Å². The first kappa shape index (κ1) is 14.3. The van der Waals surface area contributed by atoms with E-state index in [4.69, 9.17) is 0 Å². The zero-order valence-corrected chi connectivity index (χ0v) is 13.2. The molecule has 0 unspecified atom stereocenters. The highest BCUT2D eigenvalue weighted by molar-refractivity contribution is 6.05. The SMILES string of the molecule is Cc1cc2cc(NC(=O)c3ccc(-n4cccn4)cc3)ccc2[nH]1. The van der Waals surface area contributed by atoms with Crippen LogP contribution in [0.3, 0.4) is 0 Å². The van der Waals surface area contributed by atoms with Crippen LogP contribution in [0.5, 0.6) is 0 Å². The number of anilines is 1. The Morgan fingerprint density at radius 3 is 2.71 bits per heavy atom. The Morgan fingerprint density at radius 1 is 1.12 bits per heavy atom. The fourth-order valence-electron chi connectivity index (χ4n) is 2.75. The second kappa shape index (κ2) is 5.70. The van der Waals surface area contributed by atoms with Crippen molar-refractivity contribution >= 4 is 22.5 Å². The lowest BCUT2D eigenvalue weighted by Gasteiger charge is -2.07. The van der Waals surface area contributed by atoms with Gasteiger partial charge in [-0.1, -0.05) is 0 Å². The lowest BCUT2D eigenvalue weighted by atomic mass is 10.1. The molecule has 0 aliphatic carbocycles. The number of benzene rings is 2. The van der Waals surface area contributed by atoms with E-state index in [0.717, 1.165) is 28.0 Å². The van der Waals surface area contributed by atoms with Crippen molar-refractivity contribution in [1.82, 2.24) is 14.8 Å². The Kier molecular flexibility index (Phi) is 3.39. The van der Waals surface area contributed by atoms with E-state index in [2.05, 4.69) is 21.5 Å². The summed E-state index contributed by atoms with van der Waals surface area (Å²) >= 11 is 0. The van der Waals surface area contributed by atoms with E-state index in [0.29, 0.717) is 5.56 Å². The summed E-state index contributed by atoms with van der Waals surface area (Å²) in [4.78, 5) is 15.7. The maximum atomic E-state index is 12.4. The van der Waals surface area contributed by atoms with E-state index < -0.39 is 0 Å². The summed E-state index contributed by atoms with van der Waals surface area (Å²) in [6.07, 6.45) is 3.59. The minimum absolute atomic E-state index is 0.131. The van der Waals surface area contributed by atoms with E-state index in [1.807, 2.05) is 49.5 Å². The van der Waals surface area contributed by atoms with Crippen LogP contribution in [0.15, 0.2) is 67.0 Å². The standard InChI is InChI=1S/C19H16N4O/c1-13-11-15-12-16(5-8-18(15)21-13)22-19(24)14-3-6-17(7-4-14)23-10-2-9-20-23/h2-12,21H,1H3,(H,22,24). The second-order valence-corrected chi connectivity index (χ2v) is 5.71. The van der Waals surface area contributed by atoms with Crippen molar-refractivity contribution in [3.8, 4) is 5.69 Å². The van der Waals surface area contributed by atoms with Gasteiger partial charge in [-0.2, -0.15) is 5.10 Å². The molecule has 0 aliphatic heterocycles. The number of carbonyl (C=O) groups is 1. The predicted octanol–water partition coefficient (Wildman–Crippen LogP) is 3.91. The van der Waals surface area contributed by atoms with E-state index in [1.165, 1.54) is 0 Å². The van der Waals surface area contributed by atoms with Crippen molar-refractivity contribution in [2.24, 2.45) is 0 Å². The molecule has 0 fully saturated rings. The van der Waals surface area contributed by atoms with Gasteiger partial charge in [-0.15, -0.1) is 0 Å². The maximum absolute atomic E-state index is 12.4. The molecular formula is C19H16N4O. The Bertz CT molecular complexity index is 998. The molecule has 5 nitrogen and oxygen atoms in total. The number of hydrogen-bond acceptors (Lipinski definition) is 2. The highest BCUT2D eigenvalue weighted by Crippen LogP contribution is 2.20. The Hall–Kier alpha value is -3.34. The lowest BCUT2D eigenvalue weighted by Crippen LogP contribution is -2.11. The fourth-order valence-corrected chi connectivity index (χ4v) is 2.75. The van der Waals surface area contributed by atoms with E-state index in [9.17, 15) is 4.79 Å². The van der Waals surface area contributed by atoms with E-state index >= 15 is 0 Å². The van der Waals surface area contributed by atoms with Crippen molar-refractivity contribution in [1.29, 1.82) is 0 Å². The molecule has 0 bridgehead atoms. The molecule has 24 heavy (non-hydrogen) atoms. The second-order valence-electron chi connectivity index (χ2n) is 5.71. The van der Waals surface area contributed by atoms with Crippen LogP contribution < -0.4 is 5.32 Å². The van der Waals surface area contributed by atoms with Crippen molar-refractivity contribution < 1.29 is 4.79 Å². The Morgan fingerprint density at radius 2 is 1.96 bits per heavy atom. The summed E-state index contributed by atoms with van der Waals surface area (Å²) in [5.41, 5.74) is 4.47. The molecule has 0 radical (unpaired) electrons. The first-order valence-electron chi connectivity index (χ1n) is 7.70. The number of aromatic nitrogens is 3. The molecular weight excluding hydrogens is 300 g/mol. The average molecular weight is 316 g/mol. The third kappa shape index (κ3) is 2.67. The van der Waals surface area contributed by atoms with Gasteiger partial charge in [0.15, 0.2) is 0 Å². The molecule has 1 amide bonds. The van der Waals surface area contributed by atoms with Crippen LogP contribution >= 0.6 is 0 Å². The summed E-state index contributed by atoms with van der Waals surface area (Å²) < 4.78 is 1.75. The van der Waals surface area contributed by atoms with Crippen LogP contribution in [0.25, 0.3) is 16.6 Å². The number of carbonyl (C=O) groups excluding carboxylic acids is 1. The van der Waals surface area contributed by atoms with Crippen LogP contribution in [-0.4, -0.2) is 20.7 Å². The molecule has 2 N–H and O–H groups in total. The summed E-state index contributed by atoms with van der Waals surface area (Å²) in [5.74, 6) is -0.131. The first-order valence-corrected chi connectivity index (χ1v) is 7.70. The fraction of sp³-hybridized carbons (Fsp3) is 0.0526. The van der Waals surface area contributed by atoms with Crippen molar-refractivity contribution in [2.75, 3.05) is 5.32 Å². The molecule has 118 valence electrons. The van der Waals surface area contributed by atoms with Crippen LogP contribution in [0.2, 0.25) is 0 Å². The average Bonchev–Trinajstić information content (AvgIpc) is 3.23. The molecule has 5 heteroatoms. The van der Waals surface area contributed by atoms with Crippen LogP contribution in [0.4, 0.5) is 5.69 Å². The number of fused-ring (bicyclic) bond motifs is 1. The molecule has 2 aromatic carbocycles. The smallest absolute Gasteiger partial charge is 0.255 e. The number of aromatic amines is 1. The number of nitrogens with zero attached hydrogens (tertiary/aromatic N) is 2.